The molecule has 3 N–H and O–H groups in total. The molecule has 0 bridgehead atoms. The lowest BCUT2D eigenvalue weighted by molar-refractivity contribution is -0.267. The summed E-state index contributed by atoms with van der Waals surface area (Å²) in [5.74, 6) is 4.43. The minimum atomic E-state index is -1.11. The van der Waals surface area contributed by atoms with E-state index in [9.17, 15) is 15.3 Å². The molecule has 4 aliphatic rings. The summed E-state index contributed by atoms with van der Waals surface area (Å²) in [4.78, 5) is 0. The first-order valence-electron chi connectivity index (χ1n) is 13.1. The van der Waals surface area contributed by atoms with E-state index >= 15 is 0 Å². The molecule has 0 aromatic carbocycles. The largest absolute Gasteiger partial charge is 0.390 e. The highest BCUT2D eigenvalue weighted by atomic mass is 16.4. The van der Waals surface area contributed by atoms with Crippen molar-refractivity contribution in [3.05, 3.63) is 0 Å². The van der Waals surface area contributed by atoms with Gasteiger partial charge in [0.25, 0.3) is 0 Å². The predicted molar refractivity (Wildman–Crippen MR) is 122 cm³/mol. The minimum absolute atomic E-state index is 0.253. The Labute approximate surface area is 185 Å². The first-order valence-corrected chi connectivity index (χ1v) is 13.1. The first kappa shape index (κ1) is 23.1. The Kier molecular flexibility index (Phi) is 6.17. The zero-order valence-electron chi connectivity index (χ0n) is 20.2. The van der Waals surface area contributed by atoms with Crippen molar-refractivity contribution in [2.24, 2.45) is 46.3 Å². The van der Waals surface area contributed by atoms with E-state index < -0.39 is 17.8 Å². The van der Waals surface area contributed by atoms with Gasteiger partial charge in [0.1, 0.15) is 6.10 Å². The third-order valence-corrected chi connectivity index (χ3v) is 11.1. The summed E-state index contributed by atoms with van der Waals surface area (Å²) in [7, 11) is 0. The van der Waals surface area contributed by atoms with Crippen LogP contribution >= 0.6 is 0 Å². The second kappa shape index (κ2) is 8.03. The molecule has 4 unspecified atom stereocenters. The van der Waals surface area contributed by atoms with E-state index in [4.69, 9.17) is 0 Å². The van der Waals surface area contributed by atoms with Crippen molar-refractivity contribution >= 4 is 0 Å². The summed E-state index contributed by atoms with van der Waals surface area (Å²) in [6.45, 7) is 12.0. The highest BCUT2D eigenvalue weighted by Gasteiger charge is 2.67. The highest BCUT2D eigenvalue weighted by Crippen LogP contribution is 2.69. The first-order chi connectivity index (χ1) is 14.0. The maximum absolute atomic E-state index is 11.6. The van der Waals surface area contributed by atoms with Gasteiger partial charge in [0.2, 0.25) is 0 Å². The molecular weight excluding hydrogens is 372 g/mol. The molecule has 3 heteroatoms. The van der Waals surface area contributed by atoms with Gasteiger partial charge in [0.05, 0.1) is 11.7 Å². The Bertz CT molecular complexity index is 619. The van der Waals surface area contributed by atoms with Crippen molar-refractivity contribution in [1.29, 1.82) is 0 Å². The quantitative estimate of drug-likeness (QED) is 0.546. The van der Waals surface area contributed by atoms with Crippen LogP contribution in [0.25, 0.3) is 0 Å². The molecule has 174 valence electrons. The van der Waals surface area contributed by atoms with Crippen LogP contribution in [0.3, 0.4) is 0 Å². The Morgan fingerprint density at radius 1 is 0.833 bits per heavy atom. The van der Waals surface area contributed by atoms with Gasteiger partial charge in [-0.15, -0.1) is 0 Å². The molecule has 4 aliphatic carbocycles. The minimum Gasteiger partial charge on any atom is -0.390 e. The van der Waals surface area contributed by atoms with Crippen molar-refractivity contribution in [3.63, 3.8) is 0 Å². The SMILES string of the molecule is CC(C)CCC[C@@H](C)[C@H]1CCC2C3CC[C@@]4(O)[C@H](O)C(O)CC[C@]4(C)C3CC[C@@]21C. The van der Waals surface area contributed by atoms with Gasteiger partial charge in [0.15, 0.2) is 0 Å². The van der Waals surface area contributed by atoms with Crippen LogP contribution in [-0.4, -0.2) is 33.1 Å². The van der Waals surface area contributed by atoms with Crippen molar-refractivity contribution in [1.82, 2.24) is 0 Å². The third kappa shape index (κ3) is 3.32. The second-order valence-corrected chi connectivity index (χ2v) is 12.8. The fraction of sp³-hybridized carbons (Fsp3) is 1.00. The molecule has 0 aromatic rings. The zero-order valence-corrected chi connectivity index (χ0v) is 20.2. The molecule has 0 radical (unpaired) electrons. The Morgan fingerprint density at radius 3 is 2.27 bits per heavy atom. The van der Waals surface area contributed by atoms with Gasteiger partial charge in [-0.2, -0.15) is 0 Å². The summed E-state index contributed by atoms with van der Waals surface area (Å²) in [5, 5.41) is 32.6. The number of fused-ring (bicyclic) bond motifs is 5. The van der Waals surface area contributed by atoms with E-state index in [1.165, 1.54) is 44.9 Å². The molecule has 30 heavy (non-hydrogen) atoms. The standard InChI is InChI=1S/C27H48O3/c1-17(2)7-6-8-18(3)20-9-10-21-19-11-16-27(30)24(29)23(28)13-15-26(27,5)22(19)12-14-25(20,21)4/h17-24,28-30H,6-16H2,1-5H3/t18-,19?,20-,21?,22?,23?,24-,25-,26-,27-/m1/s1. The molecule has 0 saturated heterocycles. The molecule has 4 fully saturated rings. The van der Waals surface area contributed by atoms with Crippen molar-refractivity contribution < 1.29 is 15.3 Å². The van der Waals surface area contributed by atoms with Crippen molar-refractivity contribution in [2.75, 3.05) is 0 Å². The molecule has 10 atom stereocenters. The predicted octanol–water partition coefficient (Wildman–Crippen LogP) is 5.55. The topological polar surface area (TPSA) is 60.7 Å². The van der Waals surface area contributed by atoms with E-state index in [0.29, 0.717) is 30.1 Å². The Hall–Kier alpha value is -0.120. The normalized spacial score (nSPS) is 51.9. The van der Waals surface area contributed by atoms with Gasteiger partial charge in [-0.1, -0.05) is 53.9 Å². The van der Waals surface area contributed by atoms with Crippen LogP contribution in [0.2, 0.25) is 0 Å². The molecule has 4 rings (SSSR count). The number of hydrogen-bond donors (Lipinski definition) is 3. The van der Waals surface area contributed by atoms with Gasteiger partial charge in [0, 0.05) is 5.41 Å². The molecular formula is C27H48O3. The summed E-state index contributed by atoms with van der Waals surface area (Å²) >= 11 is 0. The van der Waals surface area contributed by atoms with Gasteiger partial charge >= 0.3 is 0 Å². The number of aliphatic hydroxyl groups is 3. The Morgan fingerprint density at radius 2 is 1.57 bits per heavy atom. The fourth-order valence-corrected chi connectivity index (χ4v) is 9.31. The molecule has 0 aromatic heterocycles. The van der Waals surface area contributed by atoms with Crippen LogP contribution in [0.15, 0.2) is 0 Å². The summed E-state index contributed by atoms with van der Waals surface area (Å²) in [5.41, 5.74) is -0.907. The van der Waals surface area contributed by atoms with Crippen LogP contribution in [0.5, 0.6) is 0 Å². The van der Waals surface area contributed by atoms with Crippen LogP contribution in [0, 0.1) is 46.3 Å². The molecule has 3 nitrogen and oxygen atoms in total. The van der Waals surface area contributed by atoms with Gasteiger partial charge in [-0.25, -0.2) is 0 Å². The van der Waals surface area contributed by atoms with E-state index in [1.807, 2.05) is 0 Å². The highest BCUT2D eigenvalue weighted by molar-refractivity contribution is 5.16. The van der Waals surface area contributed by atoms with Crippen LogP contribution in [-0.2, 0) is 0 Å². The summed E-state index contributed by atoms with van der Waals surface area (Å²) in [6, 6.07) is 0. The van der Waals surface area contributed by atoms with E-state index in [-0.39, 0.29) is 5.41 Å². The maximum Gasteiger partial charge on any atom is 0.109 e. The molecule has 0 heterocycles. The smallest absolute Gasteiger partial charge is 0.109 e. The van der Waals surface area contributed by atoms with Crippen LogP contribution in [0.4, 0.5) is 0 Å². The van der Waals surface area contributed by atoms with E-state index in [0.717, 1.165) is 36.5 Å². The summed E-state index contributed by atoms with van der Waals surface area (Å²) in [6.07, 6.45) is 10.7. The molecule has 0 amide bonds. The van der Waals surface area contributed by atoms with Gasteiger partial charge in [-0.3, -0.25) is 0 Å². The zero-order chi connectivity index (χ0) is 21.9. The van der Waals surface area contributed by atoms with Gasteiger partial charge in [-0.05, 0) is 92.3 Å². The summed E-state index contributed by atoms with van der Waals surface area (Å²) < 4.78 is 0. The third-order valence-electron chi connectivity index (χ3n) is 11.1. The number of aliphatic hydroxyl groups excluding tert-OH is 2. The van der Waals surface area contributed by atoms with Crippen molar-refractivity contribution in [3.8, 4) is 0 Å². The second-order valence-electron chi connectivity index (χ2n) is 12.8. The van der Waals surface area contributed by atoms with Crippen LogP contribution in [0.1, 0.15) is 105 Å². The van der Waals surface area contributed by atoms with Crippen LogP contribution < -0.4 is 0 Å². The van der Waals surface area contributed by atoms with Gasteiger partial charge < -0.3 is 15.3 Å². The average molecular weight is 421 g/mol. The van der Waals surface area contributed by atoms with Crippen molar-refractivity contribution in [2.45, 2.75) is 123 Å². The monoisotopic (exact) mass is 420 g/mol. The molecule has 0 spiro atoms. The lowest BCUT2D eigenvalue weighted by atomic mass is 9.42. The maximum atomic E-state index is 11.6. The number of rotatable bonds is 5. The molecule has 4 saturated carbocycles. The lowest BCUT2D eigenvalue weighted by Crippen LogP contribution is -2.69. The lowest BCUT2D eigenvalue weighted by Gasteiger charge is -2.65. The average Bonchev–Trinajstić information content (AvgIpc) is 3.04. The Balaban J connectivity index is 1.51. The van der Waals surface area contributed by atoms with E-state index in [2.05, 4.69) is 34.6 Å². The fourth-order valence-electron chi connectivity index (χ4n) is 9.31. The van der Waals surface area contributed by atoms with E-state index in [1.54, 1.807) is 0 Å². The number of hydrogen-bond acceptors (Lipinski definition) is 3. The molecule has 0 aliphatic heterocycles.